The first-order valence-corrected chi connectivity index (χ1v) is 12.8. The van der Waals surface area contributed by atoms with E-state index >= 15 is 0 Å². The van der Waals surface area contributed by atoms with Gasteiger partial charge < -0.3 is 15.3 Å². The number of likely N-dealkylation sites (N-methyl/N-ethyl adjacent to an activating group) is 2. The number of benzene rings is 1. The van der Waals surface area contributed by atoms with Crippen LogP contribution in [0.3, 0.4) is 0 Å². The average molecular weight is 522 g/mol. The molecule has 1 aromatic carbocycles. The second-order valence-electron chi connectivity index (χ2n) is 9.45. The fraction of sp³-hybridized carbons (Fsp3) is 0.233. The molecule has 3 aromatic rings. The normalized spacial score (nSPS) is 19.9. The molecule has 3 N–H and O–H groups in total. The zero-order valence-electron chi connectivity index (χ0n) is 21.9. The summed E-state index contributed by atoms with van der Waals surface area (Å²) in [6.07, 6.45) is 10.4. The molecule has 0 saturated heterocycles. The number of aliphatic hydroxyl groups is 1. The molecule has 1 amide bonds. The Labute approximate surface area is 227 Å². The van der Waals surface area contributed by atoms with Crippen LogP contribution >= 0.6 is 0 Å². The summed E-state index contributed by atoms with van der Waals surface area (Å²) in [4.78, 5) is 33.1. The molecule has 2 aliphatic rings. The van der Waals surface area contributed by atoms with Gasteiger partial charge in [-0.05, 0) is 36.9 Å². The van der Waals surface area contributed by atoms with Crippen molar-refractivity contribution in [3.8, 4) is 0 Å². The maximum absolute atomic E-state index is 13.0. The van der Waals surface area contributed by atoms with E-state index in [1.165, 1.54) is 16.7 Å². The third-order valence-corrected chi connectivity index (χ3v) is 6.75. The van der Waals surface area contributed by atoms with Gasteiger partial charge in [-0.3, -0.25) is 25.1 Å². The SMILES string of the molecule is CNC(O)CN(C)C(=O)c1cncc(C2=NC(=NCc3ccccn3)C3C(=CC=CC3c3ccccc3)N2)c1. The fourth-order valence-corrected chi connectivity index (χ4v) is 4.70. The van der Waals surface area contributed by atoms with Crippen LogP contribution in [0.4, 0.5) is 0 Å². The molecule has 198 valence electrons. The number of allylic oxidation sites excluding steroid dienone is 3. The van der Waals surface area contributed by atoms with Crippen LogP contribution in [-0.4, -0.2) is 64.4 Å². The van der Waals surface area contributed by atoms with E-state index in [0.29, 0.717) is 29.3 Å². The Morgan fingerprint density at radius 2 is 2.00 bits per heavy atom. The second-order valence-corrected chi connectivity index (χ2v) is 9.45. The highest BCUT2D eigenvalue weighted by molar-refractivity contribution is 6.11. The summed E-state index contributed by atoms with van der Waals surface area (Å²) in [5, 5.41) is 16.1. The van der Waals surface area contributed by atoms with E-state index in [4.69, 9.17) is 9.98 Å². The van der Waals surface area contributed by atoms with Crippen LogP contribution in [0, 0.1) is 5.92 Å². The lowest BCUT2D eigenvalue weighted by atomic mass is 9.79. The molecule has 9 heteroatoms. The summed E-state index contributed by atoms with van der Waals surface area (Å²) in [5.41, 5.74) is 4.07. The van der Waals surface area contributed by atoms with Gasteiger partial charge in [-0.1, -0.05) is 48.6 Å². The number of aliphatic imine (C=N–C) groups is 2. The molecule has 0 fully saturated rings. The van der Waals surface area contributed by atoms with Crippen molar-refractivity contribution >= 4 is 17.6 Å². The number of hydrogen-bond acceptors (Lipinski definition) is 7. The molecule has 0 spiro atoms. The number of rotatable bonds is 8. The highest BCUT2D eigenvalue weighted by Gasteiger charge is 2.35. The Morgan fingerprint density at radius 1 is 1.18 bits per heavy atom. The number of amidine groups is 2. The first-order chi connectivity index (χ1) is 19.0. The lowest BCUT2D eigenvalue weighted by Gasteiger charge is -2.34. The Hall–Kier alpha value is -4.47. The lowest BCUT2D eigenvalue weighted by molar-refractivity contribution is 0.0635. The Bertz CT molecular complexity index is 1430. The molecule has 3 unspecified atom stereocenters. The number of nitrogens with one attached hydrogen (secondary N) is 2. The molecule has 1 aliphatic carbocycles. The van der Waals surface area contributed by atoms with E-state index in [1.807, 2.05) is 42.5 Å². The van der Waals surface area contributed by atoms with Crippen LogP contribution in [-0.2, 0) is 6.54 Å². The maximum atomic E-state index is 13.0. The summed E-state index contributed by atoms with van der Waals surface area (Å²) < 4.78 is 0. The molecule has 3 heterocycles. The van der Waals surface area contributed by atoms with Crippen LogP contribution in [0.2, 0.25) is 0 Å². The summed E-state index contributed by atoms with van der Waals surface area (Å²) in [7, 11) is 3.28. The number of fused-ring (bicyclic) bond motifs is 1. The predicted octanol–water partition coefficient (Wildman–Crippen LogP) is 2.89. The van der Waals surface area contributed by atoms with Crippen molar-refractivity contribution in [2.45, 2.75) is 18.7 Å². The van der Waals surface area contributed by atoms with Crippen molar-refractivity contribution in [2.75, 3.05) is 20.6 Å². The van der Waals surface area contributed by atoms with Crippen LogP contribution < -0.4 is 10.6 Å². The first-order valence-electron chi connectivity index (χ1n) is 12.8. The molecular weight excluding hydrogens is 490 g/mol. The van der Waals surface area contributed by atoms with Crippen LogP contribution in [0.5, 0.6) is 0 Å². The minimum atomic E-state index is -0.821. The van der Waals surface area contributed by atoms with Gasteiger partial charge >= 0.3 is 0 Å². The van der Waals surface area contributed by atoms with Crippen LogP contribution in [0.25, 0.3) is 0 Å². The molecule has 0 radical (unpaired) electrons. The summed E-state index contributed by atoms with van der Waals surface area (Å²) in [6, 6.07) is 17.9. The average Bonchev–Trinajstić information content (AvgIpc) is 2.99. The topological polar surface area (TPSA) is 115 Å². The number of pyridine rings is 2. The van der Waals surface area contributed by atoms with Gasteiger partial charge in [0.2, 0.25) is 0 Å². The van der Waals surface area contributed by atoms with Gasteiger partial charge in [0.15, 0.2) is 0 Å². The number of carbonyl (C=O) groups is 1. The molecule has 1 aliphatic heterocycles. The second kappa shape index (κ2) is 11.9. The van der Waals surface area contributed by atoms with Gasteiger partial charge in [-0.25, -0.2) is 4.99 Å². The van der Waals surface area contributed by atoms with Crippen molar-refractivity contribution in [1.82, 2.24) is 25.5 Å². The number of hydrogen-bond donors (Lipinski definition) is 3. The van der Waals surface area contributed by atoms with Crippen molar-refractivity contribution in [1.29, 1.82) is 0 Å². The lowest BCUT2D eigenvalue weighted by Crippen LogP contribution is -2.41. The highest BCUT2D eigenvalue weighted by atomic mass is 16.3. The first kappa shape index (κ1) is 26.1. The van der Waals surface area contributed by atoms with Gasteiger partial charge in [-0.15, -0.1) is 0 Å². The van der Waals surface area contributed by atoms with E-state index in [2.05, 4.69) is 44.9 Å². The number of aromatic nitrogens is 2. The quantitative estimate of drug-likeness (QED) is 0.393. The zero-order valence-corrected chi connectivity index (χ0v) is 21.9. The Morgan fingerprint density at radius 3 is 2.77 bits per heavy atom. The minimum absolute atomic E-state index is 0.0600. The van der Waals surface area contributed by atoms with Gasteiger partial charge in [0.1, 0.15) is 17.9 Å². The number of aliphatic hydroxyl groups excluding tert-OH is 1. The number of amides is 1. The summed E-state index contributed by atoms with van der Waals surface area (Å²) in [5.74, 6) is 0.965. The van der Waals surface area contributed by atoms with Gasteiger partial charge in [0, 0.05) is 42.8 Å². The van der Waals surface area contributed by atoms with E-state index < -0.39 is 6.23 Å². The van der Waals surface area contributed by atoms with Crippen molar-refractivity contribution in [3.05, 3.63) is 119 Å². The minimum Gasteiger partial charge on any atom is -0.377 e. The summed E-state index contributed by atoms with van der Waals surface area (Å²) in [6.45, 7) is 0.544. The molecule has 0 bridgehead atoms. The molecule has 9 nitrogen and oxygen atoms in total. The fourth-order valence-electron chi connectivity index (χ4n) is 4.70. The van der Waals surface area contributed by atoms with E-state index in [-0.39, 0.29) is 24.3 Å². The Balaban J connectivity index is 1.50. The summed E-state index contributed by atoms with van der Waals surface area (Å²) >= 11 is 0. The Kier molecular flexibility index (Phi) is 8.00. The molecular formula is C30H31N7O2. The smallest absolute Gasteiger partial charge is 0.255 e. The monoisotopic (exact) mass is 521 g/mol. The molecule has 5 rings (SSSR count). The standard InChI is InChI=1S/C30H31N7O2/c1-31-26(38)19-37(2)30(39)22-15-21(16-32-17-22)28-35-25-13-8-12-24(20-9-4-3-5-10-20)27(25)29(36-28)34-18-23-11-6-7-14-33-23/h3-17,24,26-27,31,38H,18-19H2,1-2H3,(H,34,35,36). The van der Waals surface area contributed by atoms with Crippen LogP contribution in [0.1, 0.15) is 33.1 Å². The number of carbonyl (C=O) groups excluding carboxylic acids is 1. The third-order valence-electron chi connectivity index (χ3n) is 6.75. The maximum Gasteiger partial charge on any atom is 0.255 e. The van der Waals surface area contributed by atoms with E-state index in [1.54, 1.807) is 32.6 Å². The molecule has 3 atom stereocenters. The van der Waals surface area contributed by atoms with Crippen LogP contribution in [0.15, 0.2) is 107 Å². The number of nitrogens with zero attached hydrogens (tertiary/aromatic N) is 5. The van der Waals surface area contributed by atoms with Crippen molar-refractivity contribution in [3.63, 3.8) is 0 Å². The van der Waals surface area contributed by atoms with E-state index in [0.717, 1.165) is 11.4 Å². The molecule has 2 aromatic heterocycles. The highest BCUT2D eigenvalue weighted by Crippen LogP contribution is 2.37. The van der Waals surface area contributed by atoms with E-state index in [9.17, 15) is 9.90 Å². The van der Waals surface area contributed by atoms with Gasteiger partial charge in [0.05, 0.1) is 30.3 Å². The molecule has 39 heavy (non-hydrogen) atoms. The van der Waals surface area contributed by atoms with Gasteiger partial charge in [0.25, 0.3) is 5.91 Å². The third kappa shape index (κ3) is 6.00. The van der Waals surface area contributed by atoms with Crippen molar-refractivity contribution in [2.24, 2.45) is 15.9 Å². The molecule has 0 saturated carbocycles. The predicted molar refractivity (Wildman–Crippen MR) is 151 cm³/mol. The van der Waals surface area contributed by atoms with Crippen molar-refractivity contribution < 1.29 is 9.90 Å². The largest absolute Gasteiger partial charge is 0.377 e. The zero-order chi connectivity index (χ0) is 27.2. The van der Waals surface area contributed by atoms with Gasteiger partial charge in [-0.2, -0.15) is 0 Å².